The van der Waals surface area contributed by atoms with E-state index in [0.29, 0.717) is 12.0 Å². The topological polar surface area (TPSA) is 64.7 Å². The van der Waals surface area contributed by atoms with Crippen LogP contribution in [0.2, 0.25) is 0 Å². The van der Waals surface area contributed by atoms with Crippen LogP contribution in [0.1, 0.15) is 5.56 Å². The van der Waals surface area contributed by atoms with Crippen LogP contribution in [0.5, 0.6) is 11.5 Å². The number of rotatable bonds is 4. The SMILES string of the molecule is COc1cc(F)c(CCON)cc1O. The maximum Gasteiger partial charge on any atom is 0.163 e. The van der Waals surface area contributed by atoms with Gasteiger partial charge in [-0.1, -0.05) is 0 Å². The first-order valence-electron chi connectivity index (χ1n) is 4.06. The Balaban J connectivity index is 2.90. The van der Waals surface area contributed by atoms with E-state index >= 15 is 0 Å². The smallest absolute Gasteiger partial charge is 0.163 e. The number of methoxy groups -OCH3 is 1. The lowest BCUT2D eigenvalue weighted by Gasteiger charge is -2.07. The van der Waals surface area contributed by atoms with Gasteiger partial charge in [-0.3, -0.25) is 0 Å². The Morgan fingerprint density at radius 2 is 2.21 bits per heavy atom. The number of phenolic OH excluding ortho intramolecular Hbond substituents is 1. The molecule has 1 rings (SSSR count). The van der Waals surface area contributed by atoms with E-state index in [1.54, 1.807) is 0 Å². The van der Waals surface area contributed by atoms with Gasteiger partial charge in [0.05, 0.1) is 13.7 Å². The summed E-state index contributed by atoms with van der Waals surface area (Å²) in [6.45, 7) is 0.197. The molecule has 0 spiro atoms. The molecule has 0 heterocycles. The van der Waals surface area contributed by atoms with Crippen LogP contribution >= 0.6 is 0 Å². The molecule has 5 heteroatoms. The van der Waals surface area contributed by atoms with Crippen LogP contribution in [0.25, 0.3) is 0 Å². The van der Waals surface area contributed by atoms with E-state index in [-0.39, 0.29) is 18.1 Å². The average molecular weight is 201 g/mol. The minimum absolute atomic E-state index is 0.0964. The molecule has 14 heavy (non-hydrogen) atoms. The van der Waals surface area contributed by atoms with Gasteiger partial charge in [0.1, 0.15) is 5.82 Å². The van der Waals surface area contributed by atoms with Crippen molar-refractivity contribution in [2.75, 3.05) is 13.7 Å². The number of benzene rings is 1. The molecule has 0 atom stereocenters. The Hall–Kier alpha value is -1.33. The molecule has 0 radical (unpaired) electrons. The van der Waals surface area contributed by atoms with E-state index in [1.807, 2.05) is 0 Å². The minimum Gasteiger partial charge on any atom is -0.504 e. The van der Waals surface area contributed by atoms with Crippen molar-refractivity contribution in [3.05, 3.63) is 23.5 Å². The monoisotopic (exact) mass is 201 g/mol. The molecular weight excluding hydrogens is 189 g/mol. The molecule has 1 aromatic rings. The molecular formula is C9H12FNO3. The van der Waals surface area contributed by atoms with Gasteiger partial charge in [-0.2, -0.15) is 0 Å². The maximum atomic E-state index is 13.3. The van der Waals surface area contributed by atoms with Crippen LogP contribution in [-0.2, 0) is 11.3 Å². The summed E-state index contributed by atoms with van der Waals surface area (Å²) in [6, 6.07) is 2.42. The van der Waals surface area contributed by atoms with E-state index in [4.69, 9.17) is 10.6 Å². The third-order valence-electron chi connectivity index (χ3n) is 1.84. The number of hydrogen-bond acceptors (Lipinski definition) is 4. The minimum atomic E-state index is -0.447. The van der Waals surface area contributed by atoms with Crippen molar-refractivity contribution in [1.29, 1.82) is 0 Å². The molecule has 0 aromatic heterocycles. The first-order chi connectivity index (χ1) is 6.69. The van der Waals surface area contributed by atoms with E-state index in [1.165, 1.54) is 13.2 Å². The highest BCUT2D eigenvalue weighted by Gasteiger charge is 2.09. The highest BCUT2D eigenvalue weighted by Crippen LogP contribution is 2.28. The van der Waals surface area contributed by atoms with Crippen molar-refractivity contribution in [1.82, 2.24) is 0 Å². The summed E-state index contributed by atoms with van der Waals surface area (Å²) in [6.07, 6.45) is 0.305. The molecule has 1 aromatic carbocycles. The van der Waals surface area contributed by atoms with Crippen molar-refractivity contribution in [2.45, 2.75) is 6.42 Å². The Bertz CT molecular complexity index is 317. The van der Waals surface area contributed by atoms with Crippen LogP contribution < -0.4 is 10.6 Å². The van der Waals surface area contributed by atoms with E-state index in [9.17, 15) is 9.50 Å². The lowest BCUT2D eigenvalue weighted by molar-refractivity contribution is 0.140. The fourth-order valence-corrected chi connectivity index (χ4v) is 1.11. The largest absolute Gasteiger partial charge is 0.504 e. The first kappa shape index (κ1) is 10.7. The molecule has 3 N–H and O–H groups in total. The van der Waals surface area contributed by atoms with Gasteiger partial charge in [0.2, 0.25) is 0 Å². The Morgan fingerprint density at radius 3 is 2.79 bits per heavy atom. The summed E-state index contributed by atoms with van der Waals surface area (Å²) in [7, 11) is 1.36. The van der Waals surface area contributed by atoms with Gasteiger partial charge >= 0.3 is 0 Å². The molecule has 78 valence electrons. The van der Waals surface area contributed by atoms with Crippen molar-refractivity contribution in [3.8, 4) is 11.5 Å². The number of nitrogens with two attached hydrogens (primary N) is 1. The summed E-state index contributed by atoms with van der Waals surface area (Å²) >= 11 is 0. The van der Waals surface area contributed by atoms with Gasteiger partial charge in [0, 0.05) is 12.5 Å². The fourth-order valence-electron chi connectivity index (χ4n) is 1.11. The number of ether oxygens (including phenoxy) is 1. The van der Waals surface area contributed by atoms with Gasteiger partial charge < -0.3 is 14.7 Å². The molecule has 0 aliphatic rings. The zero-order valence-corrected chi connectivity index (χ0v) is 7.79. The van der Waals surface area contributed by atoms with Crippen LogP contribution in [0.4, 0.5) is 4.39 Å². The standard InChI is InChI=1S/C9H12FNO3/c1-13-9-5-7(10)6(2-3-14-11)4-8(9)12/h4-5,12H,2-3,11H2,1H3. The maximum absolute atomic E-state index is 13.3. The third kappa shape index (κ3) is 2.34. The molecule has 0 saturated heterocycles. The molecule has 0 saturated carbocycles. The van der Waals surface area contributed by atoms with Crippen LogP contribution in [-0.4, -0.2) is 18.8 Å². The van der Waals surface area contributed by atoms with Crippen molar-refractivity contribution < 1.29 is 19.1 Å². The van der Waals surface area contributed by atoms with Crippen LogP contribution in [0.15, 0.2) is 12.1 Å². The summed E-state index contributed by atoms with van der Waals surface area (Å²) in [5.74, 6) is 4.38. The molecule has 0 aliphatic carbocycles. The molecule has 4 nitrogen and oxygen atoms in total. The average Bonchev–Trinajstić information content (AvgIpc) is 2.18. The lowest BCUT2D eigenvalue weighted by Crippen LogP contribution is -2.05. The van der Waals surface area contributed by atoms with E-state index < -0.39 is 5.82 Å². The number of halogens is 1. The third-order valence-corrected chi connectivity index (χ3v) is 1.84. The quantitative estimate of drug-likeness (QED) is 0.712. The Labute approximate surface area is 81.0 Å². The second-order valence-electron chi connectivity index (χ2n) is 2.74. The summed E-state index contributed by atoms with van der Waals surface area (Å²) in [5.41, 5.74) is 0.341. The van der Waals surface area contributed by atoms with Crippen LogP contribution in [0, 0.1) is 5.82 Å². The summed E-state index contributed by atoms with van der Waals surface area (Å²) < 4.78 is 18.0. The van der Waals surface area contributed by atoms with Gasteiger partial charge in [-0.05, 0) is 11.6 Å². The Morgan fingerprint density at radius 1 is 1.50 bits per heavy atom. The molecule has 0 bridgehead atoms. The van der Waals surface area contributed by atoms with Gasteiger partial charge in [0.15, 0.2) is 11.5 Å². The molecule has 0 fully saturated rings. The number of hydrogen-bond donors (Lipinski definition) is 2. The highest BCUT2D eigenvalue weighted by atomic mass is 19.1. The van der Waals surface area contributed by atoms with Crippen molar-refractivity contribution >= 4 is 0 Å². The van der Waals surface area contributed by atoms with Gasteiger partial charge in [0.25, 0.3) is 0 Å². The van der Waals surface area contributed by atoms with Gasteiger partial charge in [-0.25, -0.2) is 10.3 Å². The highest BCUT2D eigenvalue weighted by molar-refractivity contribution is 5.42. The normalized spacial score (nSPS) is 10.2. The second kappa shape index (κ2) is 4.78. The first-order valence-corrected chi connectivity index (χ1v) is 4.06. The fraction of sp³-hybridized carbons (Fsp3) is 0.333. The van der Waals surface area contributed by atoms with Crippen LogP contribution in [0.3, 0.4) is 0 Å². The van der Waals surface area contributed by atoms with E-state index in [2.05, 4.69) is 4.84 Å². The van der Waals surface area contributed by atoms with Gasteiger partial charge in [-0.15, -0.1) is 0 Å². The summed E-state index contributed by atoms with van der Waals surface area (Å²) in [5, 5.41) is 9.35. The predicted octanol–water partition coefficient (Wildman–Crippen LogP) is 0.973. The molecule has 0 aliphatic heterocycles. The predicted molar refractivity (Wildman–Crippen MR) is 48.5 cm³/mol. The van der Waals surface area contributed by atoms with Crippen molar-refractivity contribution in [2.24, 2.45) is 5.90 Å². The second-order valence-corrected chi connectivity index (χ2v) is 2.74. The zero-order valence-electron chi connectivity index (χ0n) is 7.79. The summed E-state index contributed by atoms with van der Waals surface area (Å²) in [4.78, 5) is 4.32. The van der Waals surface area contributed by atoms with E-state index in [0.717, 1.165) is 6.07 Å². The van der Waals surface area contributed by atoms with Crippen molar-refractivity contribution in [3.63, 3.8) is 0 Å². The Kier molecular flexibility index (Phi) is 3.67. The molecule has 0 amide bonds. The zero-order chi connectivity index (χ0) is 10.6. The number of aromatic hydroxyl groups is 1. The lowest BCUT2D eigenvalue weighted by atomic mass is 10.1. The molecule has 0 unspecified atom stereocenters. The number of phenols is 1.